The van der Waals surface area contributed by atoms with E-state index in [0.717, 1.165) is 5.56 Å². The minimum atomic E-state index is -0.613. The number of nitrogens with one attached hydrogen (secondary N) is 2. The predicted octanol–water partition coefficient (Wildman–Crippen LogP) is 5.93. The molecule has 0 aliphatic rings. The number of benzene rings is 3. The highest BCUT2D eigenvalue weighted by molar-refractivity contribution is 7.80. The quantitative estimate of drug-likeness (QED) is 0.256. The zero-order valence-corrected chi connectivity index (χ0v) is 20.8. The fourth-order valence-electron chi connectivity index (χ4n) is 3.34. The molecule has 0 atom stereocenters. The van der Waals surface area contributed by atoms with Crippen LogP contribution in [0.25, 0.3) is 10.9 Å². The standard InChI is InChI=1S/C25H20Cl2N4O3S/c1-33-23-12-21-17(11-18(23)24(28)32)22(8-9-29-21)34-16-6-7-20(19(27)10-16)31-25(35)30-13-14-2-4-15(26)5-3-14/h2-12H,13H2,1H3,(H2,28,32)(H2,30,31,35). The number of nitrogens with two attached hydrogens (primary N) is 1. The number of nitrogens with zero attached hydrogens (tertiary/aromatic N) is 1. The smallest absolute Gasteiger partial charge is 0.252 e. The molecular weight excluding hydrogens is 507 g/mol. The van der Waals surface area contributed by atoms with Crippen LogP contribution in [0, 0.1) is 0 Å². The molecule has 0 fully saturated rings. The second-order valence-corrected chi connectivity index (χ2v) is 8.67. The Hall–Kier alpha value is -3.59. The first-order valence-corrected chi connectivity index (χ1v) is 11.5. The number of primary amides is 1. The molecule has 0 radical (unpaired) electrons. The van der Waals surface area contributed by atoms with Crippen LogP contribution in [0.1, 0.15) is 15.9 Å². The maximum Gasteiger partial charge on any atom is 0.252 e. The maximum atomic E-state index is 11.8. The number of anilines is 1. The average Bonchev–Trinajstić information content (AvgIpc) is 2.84. The molecule has 0 spiro atoms. The van der Waals surface area contributed by atoms with Gasteiger partial charge in [-0.1, -0.05) is 35.3 Å². The topological polar surface area (TPSA) is 98.5 Å². The van der Waals surface area contributed by atoms with Gasteiger partial charge in [0.2, 0.25) is 0 Å². The predicted molar refractivity (Wildman–Crippen MR) is 143 cm³/mol. The third kappa shape index (κ3) is 5.92. The number of halogens is 2. The van der Waals surface area contributed by atoms with Crippen molar-refractivity contribution in [3.8, 4) is 17.2 Å². The van der Waals surface area contributed by atoms with Gasteiger partial charge in [0.05, 0.1) is 28.9 Å². The number of rotatable bonds is 7. The van der Waals surface area contributed by atoms with Gasteiger partial charge in [-0.05, 0) is 54.2 Å². The third-order valence-corrected chi connectivity index (χ3v) is 5.88. The van der Waals surface area contributed by atoms with Crippen molar-refractivity contribution in [2.75, 3.05) is 12.4 Å². The van der Waals surface area contributed by atoms with Gasteiger partial charge in [0.15, 0.2) is 5.11 Å². The molecule has 1 heterocycles. The monoisotopic (exact) mass is 526 g/mol. The molecule has 7 nitrogen and oxygen atoms in total. The third-order valence-electron chi connectivity index (χ3n) is 5.07. The number of ether oxygens (including phenoxy) is 2. The fourth-order valence-corrected chi connectivity index (χ4v) is 3.86. The number of fused-ring (bicyclic) bond motifs is 1. The van der Waals surface area contributed by atoms with Gasteiger partial charge < -0.3 is 25.8 Å². The summed E-state index contributed by atoms with van der Waals surface area (Å²) in [6.45, 7) is 0.537. The van der Waals surface area contributed by atoms with Crippen LogP contribution in [0.2, 0.25) is 10.0 Å². The summed E-state index contributed by atoms with van der Waals surface area (Å²) in [5.74, 6) is 0.702. The molecule has 0 unspecified atom stereocenters. The molecule has 178 valence electrons. The van der Waals surface area contributed by atoms with Gasteiger partial charge >= 0.3 is 0 Å². The number of methoxy groups -OCH3 is 1. The van der Waals surface area contributed by atoms with Crippen molar-refractivity contribution in [2.45, 2.75) is 6.54 Å². The Balaban J connectivity index is 1.48. The van der Waals surface area contributed by atoms with Crippen molar-refractivity contribution in [1.82, 2.24) is 10.3 Å². The Morgan fingerprint density at radius 2 is 1.83 bits per heavy atom. The van der Waals surface area contributed by atoms with E-state index in [-0.39, 0.29) is 5.56 Å². The Kier molecular flexibility index (Phi) is 7.55. The van der Waals surface area contributed by atoms with Crippen molar-refractivity contribution in [3.05, 3.63) is 88.0 Å². The van der Waals surface area contributed by atoms with Crippen LogP contribution in [0.5, 0.6) is 17.2 Å². The molecule has 4 rings (SSSR count). The first-order chi connectivity index (χ1) is 16.8. The molecule has 1 amide bonds. The molecule has 0 saturated carbocycles. The molecule has 0 aliphatic carbocycles. The molecule has 0 bridgehead atoms. The van der Waals surface area contributed by atoms with Crippen LogP contribution < -0.4 is 25.8 Å². The lowest BCUT2D eigenvalue weighted by Gasteiger charge is -2.14. The SMILES string of the molecule is COc1cc2nccc(Oc3ccc(NC(=S)NCc4ccc(Cl)cc4)c(Cl)c3)c2cc1C(N)=O. The Bertz CT molecular complexity index is 1410. The van der Waals surface area contributed by atoms with E-state index in [1.165, 1.54) is 7.11 Å². The van der Waals surface area contributed by atoms with Crippen LogP contribution in [0.3, 0.4) is 0 Å². The minimum Gasteiger partial charge on any atom is -0.496 e. The van der Waals surface area contributed by atoms with E-state index in [2.05, 4.69) is 15.6 Å². The van der Waals surface area contributed by atoms with Gasteiger partial charge in [-0.25, -0.2) is 0 Å². The number of carbonyl (C=O) groups excluding carboxylic acids is 1. The summed E-state index contributed by atoms with van der Waals surface area (Å²) in [6.07, 6.45) is 1.60. The number of hydrogen-bond donors (Lipinski definition) is 3. The van der Waals surface area contributed by atoms with E-state index in [1.807, 2.05) is 24.3 Å². The summed E-state index contributed by atoms with van der Waals surface area (Å²) >= 11 is 17.7. The first kappa shape index (κ1) is 24.5. The average molecular weight is 527 g/mol. The lowest BCUT2D eigenvalue weighted by atomic mass is 10.1. The van der Waals surface area contributed by atoms with E-state index in [9.17, 15) is 4.79 Å². The van der Waals surface area contributed by atoms with E-state index < -0.39 is 5.91 Å². The van der Waals surface area contributed by atoms with Crippen molar-refractivity contribution in [1.29, 1.82) is 0 Å². The lowest BCUT2D eigenvalue weighted by Crippen LogP contribution is -2.27. The number of hydrogen-bond acceptors (Lipinski definition) is 5. The molecule has 35 heavy (non-hydrogen) atoms. The van der Waals surface area contributed by atoms with Crippen LogP contribution in [-0.2, 0) is 6.54 Å². The van der Waals surface area contributed by atoms with E-state index in [1.54, 1.807) is 42.6 Å². The zero-order valence-electron chi connectivity index (χ0n) is 18.5. The highest BCUT2D eigenvalue weighted by Crippen LogP contribution is 2.35. The van der Waals surface area contributed by atoms with E-state index in [4.69, 9.17) is 50.6 Å². The molecule has 1 aromatic heterocycles. The molecule has 0 saturated heterocycles. The molecule has 4 aromatic rings. The Morgan fingerprint density at radius 3 is 2.51 bits per heavy atom. The number of aromatic nitrogens is 1. The molecule has 10 heteroatoms. The van der Waals surface area contributed by atoms with Crippen molar-refractivity contribution < 1.29 is 14.3 Å². The first-order valence-electron chi connectivity index (χ1n) is 10.4. The maximum absolute atomic E-state index is 11.8. The van der Waals surface area contributed by atoms with Gasteiger partial charge in [-0.15, -0.1) is 0 Å². The minimum absolute atomic E-state index is 0.232. The number of amides is 1. The Morgan fingerprint density at radius 1 is 1.06 bits per heavy atom. The highest BCUT2D eigenvalue weighted by atomic mass is 35.5. The normalized spacial score (nSPS) is 10.6. The van der Waals surface area contributed by atoms with Gasteiger partial charge in [0, 0.05) is 35.3 Å². The van der Waals surface area contributed by atoms with Crippen molar-refractivity contribution >= 4 is 63.0 Å². The number of thiocarbonyl (C=S) groups is 1. The van der Waals surface area contributed by atoms with Crippen LogP contribution in [0.15, 0.2) is 66.9 Å². The van der Waals surface area contributed by atoms with Gasteiger partial charge in [-0.2, -0.15) is 0 Å². The number of carbonyl (C=O) groups is 1. The zero-order chi connectivity index (χ0) is 24.9. The largest absolute Gasteiger partial charge is 0.496 e. The van der Waals surface area contributed by atoms with Crippen molar-refractivity contribution in [3.63, 3.8) is 0 Å². The highest BCUT2D eigenvalue weighted by Gasteiger charge is 2.15. The van der Waals surface area contributed by atoms with Gasteiger partial charge in [-0.3, -0.25) is 9.78 Å². The van der Waals surface area contributed by atoms with Crippen LogP contribution >= 0.6 is 35.4 Å². The molecule has 0 aliphatic heterocycles. The summed E-state index contributed by atoms with van der Waals surface area (Å²) in [4.78, 5) is 16.2. The number of pyridine rings is 1. The summed E-state index contributed by atoms with van der Waals surface area (Å²) in [6, 6.07) is 17.6. The summed E-state index contributed by atoms with van der Waals surface area (Å²) in [5, 5.41) is 8.32. The summed E-state index contributed by atoms with van der Waals surface area (Å²) in [7, 11) is 1.46. The van der Waals surface area contributed by atoms with E-state index in [0.29, 0.717) is 55.5 Å². The molecular formula is C25H20Cl2N4O3S. The van der Waals surface area contributed by atoms with E-state index >= 15 is 0 Å². The van der Waals surface area contributed by atoms with Crippen molar-refractivity contribution in [2.24, 2.45) is 5.73 Å². The van der Waals surface area contributed by atoms with Gasteiger partial charge in [0.1, 0.15) is 17.2 Å². The van der Waals surface area contributed by atoms with Gasteiger partial charge in [0.25, 0.3) is 5.91 Å². The molecule has 3 aromatic carbocycles. The summed E-state index contributed by atoms with van der Waals surface area (Å²) < 4.78 is 11.3. The van der Waals surface area contributed by atoms with Crippen LogP contribution in [-0.4, -0.2) is 23.1 Å². The summed E-state index contributed by atoms with van der Waals surface area (Å²) in [5.41, 5.74) is 7.97. The van der Waals surface area contributed by atoms with Crippen LogP contribution in [0.4, 0.5) is 5.69 Å². The molecule has 4 N–H and O–H groups in total. The fraction of sp³-hybridized carbons (Fsp3) is 0.0800. The second kappa shape index (κ2) is 10.8. The lowest BCUT2D eigenvalue weighted by molar-refractivity contribution is 0.0997. The Labute approximate surface area is 217 Å². The second-order valence-electron chi connectivity index (χ2n) is 7.42.